The molecule has 0 saturated carbocycles. The fourth-order valence-corrected chi connectivity index (χ4v) is 2.18. The minimum absolute atomic E-state index is 0.149. The lowest BCUT2D eigenvalue weighted by Crippen LogP contribution is -2.20. The molecule has 0 saturated heterocycles. The van der Waals surface area contributed by atoms with Crippen molar-refractivity contribution >= 4 is 23.2 Å². The van der Waals surface area contributed by atoms with Crippen LogP contribution in [0.15, 0.2) is 42.5 Å². The summed E-state index contributed by atoms with van der Waals surface area (Å²) in [6.07, 6.45) is 0.334. The molecule has 0 bridgehead atoms. The topological polar surface area (TPSA) is 85.9 Å². The van der Waals surface area contributed by atoms with Gasteiger partial charge in [-0.05, 0) is 12.1 Å². The smallest absolute Gasteiger partial charge is 0.262 e. The van der Waals surface area contributed by atoms with Crippen LogP contribution in [0.1, 0.15) is 13.3 Å². The molecule has 26 heavy (non-hydrogen) atoms. The molecule has 0 radical (unpaired) electrons. The number of methoxy groups -OCH3 is 2. The minimum Gasteiger partial charge on any atom is -0.494 e. The number of rotatable bonds is 8. The molecule has 0 spiro atoms. The molecule has 0 unspecified atom stereocenters. The molecule has 2 aromatic carbocycles. The fourth-order valence-electron chi connectivity index (χ4n) is 2.18. The normalized spacial score (nSPS) is 9.96. The van der Waals surface area contributed by atoms with Crippen molar-refractivity contribution in [1.29, 1.82) is 0 Å². The van der Waals surface area contributed by atoms with Gasteiger partial charge in [0.05, 0.1) is 25.6 Å². The molecule has 0 fully saturated rings. The Labute approximate surface area is 152 Å². The largest absolute Gasteiger partial charge is 0.494 e. The van der Waals surface area contributed by atoms with E-state index in [9.17, 15) is 9.59 Å². The van der Waals surface area contributed by atoms with E-state index in [-0.39, 0.29) is 18.4 Å². The maximum atomic E-state index is 12.2. The van der Waals surface area contributed by atoms with Crippen molar-refractivity contribution in [1.82, 2.24) is 0 Å². The Balaban J connectivity index is 2.12. The third-order valence-corrected chi connectivity index (χ3v) is 3.50. The number of anilines is 2. The van der Waals surface area contributed by atoms with E-state index in [0.717, 1.165) is 0 Å². The van der Waals surface area contributed by atoms with Gasteiger partial charge in [-0.25, -0.2) is 0 Å². The van der Waals surface area contributed by atoms with Crippen LogP contribution in [0.5, 0.6) is 17.2 Å². The summed E-state index contributed by atoms with van der Waals surface area (Å²) in [5.74, 6) is 0.903. The maximum absolute atomic E-state index is 12.2. The molecule has 0 atom stereocenters. The average molecular weight is 358 g/mol. The predicted octanol–water partition coefficient (Wildman–Crippen LogP) is 3.07. The van der Waals surface area contributed by atoms with Crippen LogP contribution < -0.4 is 24.8 Å². The lowest BCUT2D eigenvalue weighted by atomic mass is 10.2. The van der Waals surface area contributed by atoms with Crippen molar-refractivity contribution in [2.24, 2.45) is 0 Å². The standard InChI is InChI=1S/C19H22N2O5/c1-4-18(22)20-14-10-17(25-3)15(11-16(14)24-2)21-19(23)12-26-13-8-6-5-7-9-13/h5-11H,4,12H2,1-3H3,(H,20,22)(H,21,23). The Morgan fingerprint density at radius 1 is 0.885 bits per heavy atom. The molecular formula is C19H22N2O5. The van der Waals surface area contributed by atoms with E-state index < -0.39 is 0 Å². The molecule has 7 heteroatoms. The Morgan fingerprint density at radius 3 is 1.92 bits per heavy atom. The van der Waals surface area contributed by atoms with Gasteiger partial charge in [0.15, 0.2) is 6.61 Å². The van der Waals surface area contributed by atoms with E-state index in [0.29, 0.717) is 35.0 Å². The zero-order chi connectivity index (χ0) is 18.9. The van der Waals surface area contributed by atoms with Crippen LogP contribution >= 0.6 is 0 Å². The Morgan fingerprint density at radius 2 is 1.42 bits per heavy atom. The van der Waals surface area contributed by atoms with Crippen LogP contribution in [-0.2, 0) is 9.59 Å². The van der Waals surface area contributed by atoms with E-state index in [2.05, 4.69) is 10.6 Å². The second-order valence-corrected chi connectivity index (χ2v) is 5.30. The molecule has 2 N–H and O–H groups in total. The highest BCUT2D eigenvalue weighted by Crippen LogP contribution is 2.36. The number of carbonyl (C=O) groups is 2. The molecular weight excluding hydrogens is 336 g/mol. The van der Waals surface area contributed by atoms with Gasteiger partial charge in [0, 0.05) is 18.6 Å². The van der Waals surface area contributed by atoms with E-state index in [4.69, 9.17) is 14.2 Å². The lowest BCUT2D eigenvalue weighted by Gasteiger charge is -2.16. The van der Waals surface area contributed by atoms with Gasteiger partial charge in [-0.15, -0.1) is 0 Å². The molecule has 0 aliphatic rings. The van der Waals surface area contributed by atoms with Gasteiger partial charge in [0.25, 0.3) is 5.91 Å². The lowest BCUT2D eigenvalue weighted by molar-refractivity contribution is -0.118. The summed E-state index contributed by atoms with van der Waals surface area (Å²) in [6.45, 7) is 1.60. The van der Waals surface area contributed by atoms with Gasteiger partial charge < -0.3 is 24.8 Å². The second kappa shape index (κ2) is 9.31. The molecule has 2 rings (SSSR count). The van der Waals surface area contributed by atoms with Crippen molar-refractivity contribution < 1.29 is 23.8 Å². The summed E-state index contributed by atoms with van der Waals surface area (Å²) in [6, 6.07) is 12.2. The number of carbonyl (C=O) groups excluding carboxylic acids is 2. The van der Waals surface area contributed by atoms with E-state index in [1.807, 2.05) is 18.2 Å². The summed E-state index contributed by atoms with van der Waals surface area (Å²) < 4.78 is 16.0. The first-order valence-corrected chi connectivity index (χ1v) is 8.11. The van der Waals surface area contributed by atoms with Gasteiger partial charge in [0.1, 0.15) is 17.2 Å². The van der Waals surface area contributed by atoms with Gasteiger partial charge in [0.2, 0.25) is 5.91 Å². The summed E-state index contributed by atoms with van der Waals surface area (Å²) >= 11 is 0. The van der Waals surface area contributed by atoms with Gasteiger partial charge in [-0.3, -0.25) is 9.59 Å². The molecule has 0 aliphatic heterocycles. The van der Waals surface area contributed by atoms with Crippen LogP contribution in [0.25, 0.3) is 0 Å². The number of hydrogen-bond donors (Lipinski definition) is 2. The minimum atomic E-state index is -0.348. The maximum Gasteiger partial charge on any atom is 0.262 e. The van der Waals surface area contributed by atoms with Gasteiger partial charge in [-0.2, -0.15) is 0 Å². The summed E-state index contributed by atoms with van der Waals surface area (Å²) in [5, 5.41) is 5.45. The highest BCUT2D eigenvalue weighted by Gasteiger charge is 2.15. The van der Waals surface area contributed by atoms with Crippen LogP contribution in [0.2, 0.25) is 0 Å². The fraction of sp³-hybridized carbons (Fsp3) is 0.263. The zero-order valence-electron chi connectivity index (χ0n) is 15.0. The molecule has 0 aromatic heterocycles. The number of nitrogens with one attached hydrogen (secondary N) is 2. The first-order chi connectivity index (χ1) is 12.6. The van der Waals surface area contributed by atoms with Crippen LogP contribution in [-0.4, -0.2) is 32.6 Å². The van der Waals surface area contributed by atoms with E-state index >= 15 is 0 Å². The quantitative estimate of drug-likeness (QED) is 0.757. The van der Waals surface area contributed by atoms with Crippen molar-refractivity contribution in [3.8, 4) is 17.2 Å². The zero-order valence-corrected chi connectivity index (χ0v) is 15.0. The second-order valence-electron chi connectivity index (χ2n) is 5.30. The van der Waals surface area contributed by atoms with E-state index in [1.165, 1.54) is 14.2 Å². The predicted molar refractivity (Wildman–Crippen MR) is 99.0 cm³/mol. The van der Waals surface area contributed by atoms with Crippen LogP contribution in [0, 0.1) is 0 Å². The average Bonchev–Trinajstić information content (AvgIpc) is 2.67. The Bertz CT molecular complexity index is 762. The highest BCUT2D eigenvalue weighted by atomic mass is 16.5. The number of benzene rings is 2. The monoisotopic (exact) mass is 358 g/mol. The first kappa shape index (κ1) is 19.1. The molecule has 0 aliphatic carbocycles. The number of hydrogen-bond acceptors (Lipinski definition) is 5. The molecule has 7 nitrogen and oxygen atoms in total. The Hall–Kier alpha value is -3.22. The summed E-state index contributed by atoms with van der Waals surface area (Å²) in [5.41, 5.74) is 0.884. The number of ether oxygens (including phenoxy) is 3. The molecule has 2 aromatic rings. The van der Waals surface area contributed by atoms with Crippen molar-refractivity contribution in [2.45, 2.75) is 13.3 Å². The van der Waals surface area contributed by atoms with E-state index in [1.54, 1.807) is 31.2 Å². The van der Waals surface area contributed by atoms with Crippen LogP contribution in [0.4, 0.5) is 11.4 Å². The van der Waals surface area contributed by atoms with Gasteiger partial charge in [-0.1, -0.05) is 25.1 Å². The highest BCUT2D eigenvalue weighted by molar-refractivity contribution is 5.96. The number of para-hydroxylation sites is 1. The third kappa shape index (κ3) is 5.14. The van der Waals surface area contributed by atoms with Crippen molar-refractivity contribution in [3.05, 3.63) is 42.5 Å². The third-order valence-electron chi connectivity index (χ3n) is 3.50. The molecule has 138 valence electrons. The van der Waals surface area contributed by atoms with Crippen molar-refractivity contribution in [3.63, 3.8) is 0 Å². The van der Waals surface area contributed by atoms with Crippen molar-refractivity contribution in [2.75, 3.05) is 31.5 Å². The number of amides is 2. The Kier molecular flexibility index (Phi) is 6.84. The van der Waals surface area contributed by atoms with Gasteiger partial charge >= 0.3 is 0 Å². The summed E-state index contributed by atoms with van der Waals surface area (Å²) in [7, 11) is 2.96. The molecule has 0 heterocycles. The summed E-state index contributed by atoms with van der Waals surface area (Å²) in [4.78, 5) is 23.8. The first-order valence-electron chi connectivity index (χ1n) is 8.11. The molecule has 2 amide bonds. The van der Waals surface area contributed by atoms with Crippen LogP contribution in [0.3, 0.4) is 0 Å². The SMILES string of the molecule is CCC(=O)Nc1cc(OC)c(NC(=O)COc2ccccc2)cc1OC.